The van der Waals surface area contributed by atoms with Gasteiger partial charge in [0.15, 0.2) is 0 Å². The molecular weight excluding hydrogens is 350 g/mol. The van der Waals surface area contributed by atoms with Crippen molar-refractivity contribution in [1.29, 1.82) is 0 Å². The predicted octanol–water partition coefficient (Wildman–Crippen LogP) is 3.20. The van der Waals surface area contributed by atoms with Gasteiger partial charge in [0.05, 0.1) is 10.6 Å². The minimum atomic E-state index is -3.71. The van der Waals surface area contributed by atoms with Gasteiger partial charge in [-0.2, -0.15) is 0 Å². The molecular formula is C19H19N3O3S. The number of aromatic nitrogens is 1. The number of aryl methyl sites for hydroxylation is 1. The average molecular weight is 369 g/mol. The highest BCUT2D eigenvalue weighted by molar-refractivity contribution is 7.89. The van der Waals surface area contributed by atoms with Crippen LogP contribution in [0.4, 0.5) is 5.69 Å². The van der Waals surface area contributed by atoms with Crippen LogP contribution in [0.15, 0.2) is 64.5 Å². The van der Waals surface area contributed by atoms with E-state index in [4.69, 9.17) is 5.14 Å². The molecule has 0 saturated heterocycles. The Hall–Kier alpha value is -2.90. The first-order valence-corrected chi connectivity index (χ1v) is 9.45. The van der Waals surface area contributed by atoms with E-state index in [0.29, 0.717) is 5.69 Å². The normalized spacial score (nSPS) is 12.0. The minimum Gasteiger partial charge on any atom is -0.508 e. The summed E-state index contributed by atoms with van der Waals surface area (Å²) in [6, 6.07) is 15.1. The minimum absolute atomic E-state index is 0.0781. The molecule has 3 aromatic rings. The lowest BCUT2D eigenvalue weighted by Gasteiger charge is -2.10. The Balaban J connectivity index is 1.96. The molecule has 3 rings (SSSR count). The molecule has 0 fully saturated rings. The van der Waals surface area contributed by atoms with Crippen LogP contribution in [-0.2, 0) is 10.0 Å². The predicted molar refractivity (Wildman–Crippen MR) is 102 cm³/mol. The second-order valence-corrected chi connectivity index (χ2v) is 7.54. The van der Waals surface area contributed by atoms with E-state index in [1.54, 1.807) is 42.6 Å². The van der Waals surface area contributed by atoms with Gasteiger partial charge in [-0.15, -0.1) is 0 Å². The molecule has 26 heavy (non-hydrogen) atoms. The molecule has 1 aromatic heterocycles. The molecule has 1 heterocycles. The van der Waals surface area contributed by atoms with Crippen molar-refractivity contribution in [2.45, 2.75) is 18.7 Å². The SMILES string of the molecule is Cc1cc(C=Nc2cccc(O)c2)c(C)n1-c1ccc(S(N)(=O)=O)cc1. The maximum absolute atomic E-state index is 11.4. The fraction of sp³-hybridized carbons (Fsp3) is 0.105. The summed E-state index contributed by atoms with van der Waals surface area (Å²) in [6.07, 6.45) is 1.74. The molecule has 0 aliphatic heterocycles. The van der Waals surface area contributed by atoms with Crippen LogP contribution in [0.25, 0.3) is 5.69 Å². The van der Waals surface area contributed by atoms with Crippen molar-refractivity contribution in [3.63, 3.8) is 0 Å². The van der Waals surface area contributed by atoms with Crippen LogP contribution in [0.2, 0.25) is 0 Å². The number of primary sulfonamides is 1. The highest BCUT2D eigenvalue weighted by Gasteiger charge is 2.11. The number of nitrogens with zero attached hydrogens (tertiary/aromatic N) is 2. The van der Waals surface area contributed by atoms with Gasteiger partial charge < -0.3 is 9.67 Å². The van der Waals surface area contributed by atoms with Crippen molar-refractivity contribution in [1.82, 2.24) is 4.57 Å². The van der Waals surface area contributed by atoms with Gasteiger partial charge in [0.25, 0.3) is 0 Å². The molecule has 0 radical (unpaired) electrons. The maximum Gasteiger partial charge on any atom is 0.238 e. The molecule has 0 bridgehead atoms. The van der Waals surface area contributed by atoms with Gasteiger partial charge in [0, 0.05) is 34.9 Å². The topological polar surface area (TPSA) is 97.7 Å². The molecule has 0 unspecified atom stereocenters. The van der Waals surface area contributed by atoms with Gasteiger partial charge in [-0.3, -0.25) is 4.99 Å². The van der Waals surface area contributed by atoms with Crippen molar-refractivity contribution >= 4 is 21.9 Å². The van der Waals surface area contributed by atoms with Crippen molar-refractivity contribution in [3.8, 4) is 11.4 Å². The van der Waals surface area contributed by atoms with Crippen LogP contribution >= 0.6 is 0 Å². The average Bonchev–Trinajstić information content (AvgIpc) is 2.86. The third kappa shape index (κ3) is 3.68. The Bertz CT molecular complexity index is 1080. The van der Waals surface area contributed by atoms with E-state index in [2.05, 4.69) is 4.99 Å². The van der Waals surface area contributed by atoms with Crippen LogP contribution in [-0.4, -0.2) is 24.3 Å². The van der Waals surface area contributed by atoms with E-state index in [0.717, 1.165) is 22.6 Å². The van der Waals surface area contributed by atoms with E-state index in [1.807, 2.05) is 24.5 Å². The van der Waals surface area contributed by atoms with Gasteiger partial charge in [-0.1, -0.05) is 6.07 Å². The van der Waals surface area contributed by atoms with Crippen LogP contribution < -0.4 is 5.14 Å². The molecule has 3 N–H and O–H groups in total. The zero-order valence-electron chi connectivity index (χ0n) is 14.4. The second kappa shape index (κ2) is 6.78. The summed E-state index contributed by atoms with van der Waals surface area (Å²) >= 11 is 0. The fourth-order valence-corrected chi connectivity index (χ4v) is 3.33. The Kier molecular flexibility index (Phi) is 4.67. The number of aliphatic imine (C=N–C) groups is 1. The summed E-state index contributed by atoms with van der Waals surface area (Å²) in [6.45, 7) is 3.93. The highest BCUT2D eigenvalue weighted by Crippen LogP contribution is 2.23. The lowest BCUT2D eigenvalue weighted by molar-refractivity contribution is 0.475. The maximum atomic E-state index is 11.4. The lowest BCUT2D eigenvalue weighted by atomic mass is 10.2. The molecule has 7 heteroatoms. The Morgan fingerprint density at radius 2 is 1.77 bits per heavy atom. The van der Waals surface area contributed by atoms with Gasteiger partial charge >= 0.3 is 0 Å². The molecule has 0 aliphatic carbocycles. The van der Waals surface area contributed by atoms with Crippen LogP contribution in [0.1, 0.15) is 17.0 Å². The number of benzene rings is 2. The summed E-state index contributed by atoms with van der Waals surface area (Å²) in [7, 11) is -3.71. The van der Waals surface area contributed by atoms with E-state index >= 15 is 0 Å². The van der Waals surface area contributed by atoms with E-state index in [1.165, 1.54) is 12.1 Å². The monoisotopic (exact) mass is 369 g/mol. The molecule has 0 saturated carbocycles. The van der Waals surface area contributed by atoms with Gasteiger partial charge in [-0.25, -0.2) is 13.6 Å². The van der Waals surface area contributed by atoms with Crippen molar-refractivity contribution in [2.24, 2.45) is 10.1 Å². The first-order chi connectivity index (χ1) is 12.3. The third-order valence-corrected chi connectivity index (χ3v) is 5.01. The number of rotatable bonds is 4. The summed E-state index contributed by atoms with van der Waals surface area (Å²) in [4.78, 5) is 4.48. The standard InChI is InChI=1S/C19H19N3O3S/c1-13-10-15(12-21-16-4-3-5-18(23)11-16)14(2)22(13)17-6-8-19(9-7-17)26(20,24)25/h3-12,23H,1-2H3,(H2,20,24,25). The number of phenols is 1. The summed E-state index contributed by atoms with van der Waals surface area (Å²) in [5.74, 6) is 0.167. The molecule has 134 valence electrons. The van der Waals surface area contributed by atoms with E-state index < -0.39 is 10.0 Å². The molecule has 6 nitrogen and oxygen atoms in total. The van der Waals surface area contributed by atoms with Gasteiger partial charge in [0.1, 0.15) is 5.75 Å². The number of hydrogen-bond donors (Lipinski definition) is 2. The van der Waals surface area contributed by atoms with Crippen molar-refractivity contribution in [2.75, 3.05) is 0 Å². The molecule has 0 amide bonds. The Morgan fingerprint density at radius 1 is 1.08 bits per heavy atom. The molecule has 0 spiro atoms. The van der Waals surface area contributed by atoms with Crippen LogP contribution in [0.5, 0.6) is 5.75 Å². The van der Waals surface area contributed by atoms with Gasteiger partial charge in [0.2, 0.25) is 10.0 Å². The number of phenolic OH excluding ortho intramolecular Hbond substituents is 1. The zero-order valence-corrected chi connectivity index (χ0v) is 15.2. The molecule has 2 aromatic carbocycles. The number of nitrogens with two attached hydrogens (primary N) is 1. The first-order valence-electron chi connectivity index (χ1n) is 7.91. The fourth-order valence-electron chi connectivity index (χ4n) is 2.82. The van der Waals surface area contributed by atoms with Crippen LogP contribution in [0, 0.1) is 13.8 Å². The Morgan fingerprint density at radius 3 is 2.38 bits per heavy atom. The quantitative estimate of drug-likeness (QED) is 0.691. The smallest absolute Gasteiger partial charge is 0.238 e. The number of sulfonamides is 1. The Labute approximate surface area is 152 Å². The van der Waals surface area contributed by atoms with Crippen molar-refractivity contribution in [3.05, 3.63) is 71.5 Å². The van der Waals surface area contributed by atoms with Crippen LogP contribution in [0.3, 0.4) is 0 Å². The lowest BCUT2D eigenvalue weighted by Crippen LogP contribution is -2.12. The summed E-state index contributed by atoms with van der Waals surface area (Å²) in [5.41, 5.74) is 4.39. The first kappa shape index (κ1) is 17.9. The summed E-state index contributed by atoms with van der Waals surface area (Å²) < 4.78 is 24.8. The highest BCUT2D eigenvalue weighted by atomic mass is 32.2. The third-order valence-electron chi connectivity index (χ3n) is 4.08. The van der Waals surface area contributed by atoms with Crippen molar-refractivity contribution < 1.29 is 13.5 Å². The largest absolute Gasteiger partial charge is 0.508 e. The second-order valence-electron chi connectivity index (χ2n) is 5.98. The number of aromatic hydroxyl groups is 1. The zero-order chi connectivity index (χ0) is 18.9. The van der Waals surface area contributed by atoms with E-state index in [9.17, 15) is 13.5 Å². The van der Waals surface area contributed by atoms with E-state index in [-0.39, 0.29) is 10.6 Å². The molecule has 0 atom stereocenters. The summed E-state index contributed by atoms with van der Waals surface area (Å²) in [5, 5.41) is 14.7. The molecule has 0 aliphatic rings. The van der Waals surface area contributed by atoms with Gasteiger partial charge in [-0.05, 0) is 56.3 Å². The number of hydrogen-bond acceptors (Lipinski definition) is 4.